The zero-order chi connectivity index (χ0) is 12.0. The average molecular weight is 229 g/mol. The molecule has 2 rings (SSSR count). The van der Waals surface area contributed by atoms with Crippen LogP contribution in [0, 0.1) is 18.6 Å². The molecular formula is C10H6F3NO2. The highest BCUT2D eigenvalue weighted by molar-refractivity contribution is 5.94. The second kappa shape index (κ2) is 3.26. The molecule has 1 N–H and O–H groups in total. The van der Waals surface area contributed by atoms with Crippen molar-refractivity contribution in [3.05, 3.63) is 35.0 Å². The fraction of sp³-hybridized carbons (Fsp3) is 0.100. The lowest BCUT2D eigenvalue weighted by Gasteiger charge is -2.01. The molecule has 1 aromatic heterocycles. The summed E-state index contributed by atoms with van der Waals surface area (Å²) in [5.41, 5.74) is -1.64. The lowest BCUT2D eigenvalue weighted by Crippen LogP contribution is -2.02. The monoisotopic (exact) mass is 229 g/mol. The maximum absolute atomic E-state index is 13.5. The van der Waals surface area contributed by atoms with Gasteiger partial charge in [-0.15, -0.1) is 0 Å². The summed E-state index contributed by atoms with van der Waals surface area (Å²) in [6.07, 6.45) is 0. The molecule has 3 nitrogen and oxygen atoms in total. The molecule has 0 atom stereocenters. The number of carboxylic acid groups (broad SMARTS) is 1. The second-order valence-corrected chi connectivity index (χ2v) is 3.35. The molecule has 0 fully saturated rings. The largest absolute Gasteiger partial charge is 0.476 e. The van der Waals surface area contributed by atoms with Crippen molar-refractivity contribution < 1.29 is 23.2 Å². The van der Waals surface area contributed by atoms with Gasteiger partial charge in [-0.25, -0.2) is 13.6 Å². The minimum absolute atomic E-state index is 0.125. The van der Waals surface area contributed by atoms with Gasteiger partial charge in [0.2, 0.25) is 0 Å². The number of hydrogen-bond donors (Lipinski definition) is 1. The summed E-state index contributed by atoms with van der Waals surface area (Å²) in [6, 6.07) is 1.78. The molecule has 0 radical (unpaired) electrons. The summed E-state index contributed by atoms with van der Waals surface area (Å²) in [5, 5.41) is 8.49. The summed E-state index contributed by atoms with van der Waals surface area (Å²) >= 11 is 0. The molecule has 0 amide bonds. The number of aromatic nitrogens is 1. The third-order valence-corrected chi connectivity index (χ3v) is 2.37. The fourth-order valence-corrected chi connectivity index (χ4v) is 1.50. The molecule has 84 valence electrons. The van der Waals surface area contributed by atoms with Crippen LogP contribution in [0.15, 0.2) is 12.1 Å². The number of rotatable bonds is 1. The molecule has 1 aromatic carbocycles. The third-order valence-electron chi connectivity index (χ3n) is 2.37. The SMILES string of the molecule is Cc1c(F)cc2cc(C(=O)O)n(F)c2c1F. The van der Waals surface area contributed by atoms with Gasteiger partial charge >= 0.3 is 5.97 Å². The molecule has 0 spiro atoms. The van der Waals surface area contributed by atoms with Crippen molar-refractivity contribution in [3.63, 3.8) is 0 Å². The van der Waals surface area contributed by atoms with Crippen molar-refractivity contribution in [1.29, 1.82) is 0 Å². The highest BCUT2D eigenvalue weighted by Gasteiger charge is 2.20. The molecule has 1 heterocycles. The Balaban J connectivity index is 2.93. The maximum atomic E-state index is 13.5. The van der Waals surface area contributed by atoms with E-state index >= 15 is 0 Å². The van der Waals surface area contributed by atoms with Crippen molar-refractivity contribution in [2.75, 3.05) is 0 Å². The molecule has 0 aliphatic heterocycles. The van der Waals surface area contributed by atoms with E-state index in [1.54, 1.807) is 0 Å². The van der Waals surface area contributed by atoms with Crippen LogP contribution in [0.1, 0.15) is 16.1 Å². The molecule has 0 saturated heterocycles. The van der Waals surface area contributed by atoms with E-state index in [0.717, 1.165) is 19.1 Å². The Morgan fingerprint density at radius 3 is 2.56 bits per heavy atom. The first kappa shape index (κ1) is 10.5. The molecule has 16 heavy (non-hydrogen) atoms. The number of fused-ring (bicyclic) bond motifs is 1. The van der Waals surface area contributed by atoms with Crippen LogP contribution in [0.3, 0.4) is 0 Å². The molecule has 0 aliphatic rings. The molecule has 0 saturated carbocycles. The van der Waals surface area contributed by atoms with Gasteiger partial charge in [-0.3, -0.25) is 0 Å². The van der Waals surface area contributed by atoms with Gasteiger partial charge in [0.1, 0.15) is 11.3 Å². The Bertz CT molecular complexity index is 604. The van der Waals surface area contributed by atoms with Crippen LogP contribution in [0.5, 0.6) is 0 Å². The van der Waals surface area contributed by atoms with Crippen LogP contribution in [0.25, 0.3) is 10.9 Å². The van der Waals surface area contributed by atoms with Crippen LogP contribution in [0.4, 0.5) is 13.3 Å². The Hall–Kier alpha value is -1.98. The van der Waals surface area contributed by atoms with Gasteiger partial charge in [-0.2, -0.15) is 4.79 Å². The van der Waals surface area contributed by atoms with E-state index in [1.165, 1.54) is 0 Å². The number of carbonyl (C=O) groups is 1. The Morgan fingerprint density at radius 2 is 2.00 bits per heavy atom. The summed E-state index contributed by atoms with van der Waals surface area (Å²) in [6.45, 7) is 1.15. The number of aromatic carboxylic acids is 1. The number of carboxylic acids is 1. The van der Waals surface area contributed by atoms with Gasteiger partial charge < -0.3 is 5.11 Å². The van der Waals surface area contributed by atoms with Gasteiger partial charge in [-0.05, 0) is 19.1 Å². The highest BCUT2D eigenvalue weighted by atomic mass is 19.2. The molecule has 0 bridgehead atoms. The van der Waals surface area contributed by atoms with E-state index in [0.29, 0.717) is 0 Å². The molecule has 2 aromatic rings. The highest BCUT2D eigenvalue weighted by Crippen LogP contribution is 2.27. The Labute approximate surface area is 87.6 Å². The number of hydrogen-bond acceptors (Lipinski definition) is 1. The molecule has 0 unspecified atom stereocenters. The number of halogens is 3. The van der Waals surface area contributed by atoms with E-state index in [1.807, 2.05) is 0 Å². The van der Waals surface area contributed by atoms with Crippen molar-refractivity contribution in [2.45, 2.75) is 6.92 Å². The first-order valence-corrected chi connectivity index (χ1v) is 4.33. The van der Waals surface area contributed by atoms with Crippen LogP contribution in [-0.4, -0.2) is 15.9 Å². The first-order chi connectivity index (χ1) is 7.43. The topological polar surface area (TPSA) is 42.2 Å². The van der Waals surface area contributed by atoms with Gasteiger partial charge in [0.15, 0.2) is 11.5 Å². The van der Waals surface area contributed by atoms with Crippen LogP contribution in [-0.2, 0) is 0 Å². The van der Waals surface area contributed by atoms with Gasteiger partial charge in [0, 0.05) is 10.9 Å². The fourth-order valence-electron chi connectivity index (χ4n) is 1.50. The van der Waals surface area contributed by atoms with Gasteiger partial charge in [-0.1, -0.05) is 4.48 Å². The van der Waals surface area contributed by atoms with E-state index in [9.17, 15) is 18.1 Å². The van der Waals surface area contributed by atoms with Crippen molar-refractivity contribution >= 4 is 16.9 Å². The zero-order valence-corrected chi connectivity index (χ0v) is 8.09. The Morgan fingerprint density at radius 1 is 1.38 bits per heavy atom. The van der Waals surface area contributed by atoms with E-state index < -0.39 is 28.8 Å². The van der Waals surface area contributed by atoms with Crippen molar-refractivity contribution in [2.24, 2.45) is 0 Å². The van der Waals surface area contributed by atoms with Crippen LogP contribution >= 0.6 is 0 Å². The first-order valence-electron chi connectivity index (χ1n) is 4.33. The molecule has 0 aliphatic carbocycles. The summed E-state index contributed by atoms with van der Waals surface area (Å²) in [7, 11) is 0. The number of benzene rings is 1. The lowest BCUT2D eigenvalue weighted by atomic mass is 10.1. The standard InChI is InChI=1S/C10H6F3NO2/c1-4-6(11)2-5-3-7(10(15)16)14(13)9(5)8(4)12/h2-3H,1H3,(H,15,16). The normalized spacial score (nSPS) is 11.0. The average Bonchev–Trinajstić information content (AvgIpc) is 2.52. The zero-order valence-electron chi connectivity index (χ0n) is 8.09. The maximum Gasteiger partial charge on any atom is 0.355 e. The van der Waals surface area contributed by atoms with E-state index in [-0.39, 0.29) is 15.7 Å². The van der Waals surface area contributed by atoms with E-state index in [4.69, 9.17) is 5.11 Å². The molecular weight excluding hydrogens is 223 g/mol. The predicted octanol–water partition coefficient (Wildman–Crippen LogP) is 2.66. The summed E-state index contributed by atoms with van der Waals surface area (Å²) in [5.74, 6) is -3.48. The van der Waals surface area contributed by atoms with E-state index in [2.05, 4.69) is 0 Å². The summed E-state index contributed by atoms with van der Waals surface area (Å²) < 4.78 is 40.1. The number of nitrogens with zero attached hydrogens (tertiary/aromatic N) is 1. The summed E-state index contributed by atoms with van der Waals surface area (Å²) in [4.78, 5) is 10.3. The minimum Gasteiger partial charge on any atom is -0.476 e. The quantitative estimate of drug-likeness (QED) is 0.816. The Kier molecular flexibility index (Phi) is 2.15. The van der Waals surface area contributed by atoms with Crippen molar-refractivity contribution in [3.8, 4) is 0 Å². The third kappa shape index (κ3) is 1.26. The molecule has 6 heteroatoms. The lowest BCUT2D eigenvalue weighted by molar-refractivity contribution is 0.0674. The minimum atomic E-state index is -1.55. The van der Waals surface area contributed by atoms with Gasteiger partial charge in [0.25, 0.3) is 0 Å². The van der Waals surface area contributed by atoms with Gasteiger partial charge in [0.05, 0.1) is 0 Å². The second-order valence-electron chi connectivity index (χ2n) is 3.35. The van der Waals surface area contributed by atoms with Crippen LogP contribution < -0.4 is 0 Å². The predicted molar refractivity (Wildman–Crippen MR) is 50.1 cm³/mol. The van der Waals surface area contributed by atoms with Crippen molar-refractivity contribution in [1.82, 2.24) is 4.79 Å². The van der Waals surface area contributed by atoms with Crippen LogP contribution in [0.2, 0.25) is 0 Å². The smallest absolute Gasteiger partial charge is 0.355 e.